The van der Waals surface area contributed by atoms with Crippen molar-refractivity contribution < 1.29 is 0 Å². The van der Waals surface area contributed by atoms with E-state index in [1.165, 1.54) is 62.5 Å². The molecule has 0 heterocycles. The highest BCUT2D eigenvalue weighted by molar-refractivity contribution is 9.08. The van der Waals surface area contributed by atoms with Gasteiger partial charge in [0.2, 0.25) is 0 Å². The average molecular weight is 346 g/mol. The summed E-state index contributed by atoms with van der Waals surface area (Å²) in [5, 5.41) is 11.1. The van der Waals surface area contributed by atoms with Crippen LogP contribution in [0.4, 0.5) is 0 Å². The van der Waals surface area contributed by atoms with Crippen LogP contribution in [-0.4, -0.2) is 0 Å². The fourth-order valence-electron chi connectivity index (χ4n) is 4.68. The molecule has 0 saturated heterocycles. The number of benzene rings is 1. The molecule has 2 aliphatic carbocycles. The lowest BCUT2D eigenvalue weighted by Gasteiger charge is -2.39. The number of nitriles is 1. The summed E-state index contributed by atoms with van der Waals surface area (Å²) in [7, 11) is 0. The molecule has 0 N–H and O–H groups in total. The standard InChI is InChI=1S/C19H24BrN/c20-13-15-9-11-18(12-10-15)19(14-21,16-5-1-2-6-16)17-7-3-4-8-17/h9-12,16-17H,1-8,13H2. The van der Waals surface area contributed by atoms with Crippen LogP contribution >= 0.6 is 15.9 Å². The quantitative estimate of drug-likeness (QED) is 0.639. The molecule has 0 bridgehead atoms. The minimum Gasteiger partial charge on any atom is -0.197 e. The van der Waals surface area contributed by atoms with E-state index in [0.717, 1.165) is 5.33 Å². The third-order valence-electron chi connectivity index (χ3n) is 5.77. The van der Waals surface area contributed by atoms with Crippen molar-refractivity contribution in [3.63, 3.8) is 0 Å². The monoisotopic (exact) mass is 345 g/mol. The van der Waals surface area contributed by atoms with Crippen molar-refractivity contribution in [1.29, 1.82) is 5.26 Å². The van der Waals surface area contributed by atoms with Gasteiger partial charge in [-0.2, -0.15) is 5.26 Å². The largest absolute Gasteiger partial charge is 0.197 e. The first-order chi connectivity index (χ1) is 10.3. The van der Waals surface area contributed by atoms with Crippen LogP contribution < -0.4 is 0 Å². The van der Waals surface area contributed by atoms with Gasteiger partial charge >= 0.3 is 0 Å². The number of alkyl halides is 1. The van der Waals surface area contributed by atoms with E-state index >= 15 is 0 Å². The van der Waals surface area contributed by atoms with Crippen molar-refractivity contribution in [1.82, 2.24) is 0 Å². The van der Waals surface area contributed by atoms with Gasteiger partial charge in [0.15, 0.2) is 0 Å². The summed E-state index contributed by atoms with van der Waals surface area (Å²) >= 11 is 3.52. The zero-order valence-corrected chi connectivity index (χ0v) is 14.2. The Bertz CT molecular complexity index is 485. The van der Waals surface area contributed by atoms with Crippen molar-refractivity contribution in [2.75, 3.05) is 0 Å². The third kappa shape index (κ3) is 2.66. The Hall–Kier alpha value is -0.810. The summed E-state index contributed by atoms with van der Waals surface area (Å²) in [6.07, 6.45) is 10.2. The van der Waals surface area contributed by atoms with Gasteiger partial charge in [-0.1, -0.05) is 65.9 Å². The predicted molar refractivity (Wildman–Crippen MR) is 90.3 cm³/mol. The number of hydrogen-bond acceptors (Lipinski definition) is 1. The summed E-state index contributed by atoms with van der Waals surface area (Å²) in [6, 6.07) is 11.7. The molecule has 2 aliphatic rings. The first kappa shape index (κ1) is 15.1. The Morgan fingerprint density at radius 2 is 1.43 bits per heavy atom. The maximum Gasteiger partial charge on any atom is 0.0878 e. The zero-order chi connectivity index (χ0) is 14.7. The van der Waals surface area contributed by atoms with Gasteiger partial charge in [0, 0.05) is 5.33 Å². The van der Waals surface area contributed by atoms with Crippen molar-refractivity contribution >= 4 is 15.9 Å². The first-order valence-corrected chi connectivity index (χ1v) is 9.50. The van der Waals surface area contributed by atoms with Gasteiger partial charge in [-0.15, -0.1) is 0 Å². The van der Waals surface area contributed by atoms with Crippen LogP contribution in [0.15, 0.2) is 24.3 Å². The summed E-state index contributed by atoms with van der Waals surface area (Å²) in [5.74, 6) is 1.14. The fourth-order valence-corrected chi connectivity index (χ4v) is 5.06. The third-order valence-corrected chi connectivity index (χ3v) is 6.42. The van der Waals surface area contributed by atoms with Crippen LogP contribution in [0.3, 0.4) is 0 Å². The molecule has 0 spiro atoms. The van der Waals surface area contributed by atoms with E-state index in [-0.39, 0.29) is 5.41 Å². The van der Waals surface area contributed by atoms with E-state index in [0.29, 0.717) is 11.8 Å². The lowest BCUT2D eigenvalue weighted by atomic mass is 9.62. The highest BCUT2D eigenvalue weighted by Gasteiger charge is 2.48. The Morgan fingerprint density at radius 3 is 1.81 bits per heavy atom. The SMILES string of the molecule is N#CC(c1ccc(CBr)cc1)(C1CCCC1)C1CCCC1. The highest BCUT2D eigenvalue weighted by Crippen LogP contribution is 2.51. The van der Waals surface area contributed by atoms with Crippen molar-refractivity contribution in [3.05, 3.63) is 35.4 Å². The number of hydrogen-bond donors (Lipinski definition) is 0. The van der Waals surface area contributed by atoms with E-state index in [4.69, 9.17) is 0 Å². The molecular weight excluding hydrogens is 322 g/mol. The minimum atomic E-state index is -0.224. The topological polar surface area (TPSA) is 23.8 Å². The van der Waals surface area contributed by atoms with Gasteiger partial charge in [-0.3, -0.25) is 0 Å². The summed E-state index contributed by atoms with van der Waals surface area (Å²) < 4.78 is 0. The van der Waals surface area contributed by atoms with E-state index in [9.17, 15) is 5.26 Å². The Balaban J connectivity index is 2.02. The molecular formula is C19H24BrN. The summed E-state index contributed by atoms with van der Waals surface area (Å²) in [6.45, 7) is 0. The van der Waals surface area contributed by atoms with Gasteiger partial charge in [-0.05, 0) is 48.6 Å². The molecule has 2 heteroatoms. The van der Waals surface area contributed by atoms with E-state index < -0.39 is 0 Å². The minimum absolute atomic E-state index is 0.224. The smallest absolute Gasteiger partial charge is 0.0878 e. The lowest BCUT2D eigenvalue weighted by molar-refractivity contribution is 0.235. The second-order valence-electron chi connectivity index (χ2n) is 6.77. The molecule has 112 valence electrons. The maximum absolute atomic E-state index is 10.2. The Morgan fingerprint density at radius 1 is 0.952 bits per heavy atom. The van der Waals surface area contributed by atoms with Gasteiger partial charge in [0.25, 0.3) is 0 Å². The van der Waals surface area contributed by atoms with Gasteiger partial charge in [0.05, 0.1) is 11.5 Å². The lowest BCUT2D eigenvalue weighted by Crippen LogP contribution is -2.39. The van der Waals surface area contributed by atoms with Crippen LogP contribution in [0, 0.1) is 23.2 Å². The predicted octanol–water partition coefficient (Wildman–Crippen LogP) is 5.72. The van der Waals surface area contributed by atoms with Crippen LogP contribution in [-0.2, 0) is 10.7 Å². The van der Waals surface area contributed by atoms with Crippen LogP contribution in [0.25, 0.3) is 0 Å². The molecule has 2 fully saturated rings. The summed E-state index contributed by atoms with van der Waals surface area (Å²) in [5.41, 5.74) is 2.36. The first-order valence-electron chi connectivity index (χ1n) is 8.38. The van der Waals surface area contributed by atoms with Crippen LogP contribution in [0.1, 0.15) is 62.5 Å². The van der Waals surface area contributed by atoms with Crippen molar-refractivity contribution in [3.8, 4) is 6.07 Å². The second-order valence-corrected chi connectivity index (χ2v) is 7.33. The van der Waals surface area contributed by atoms with Crippen LogP contribution in [0.2, 0.25) is 0 Å². The Labute approximate surface area is 136 Å². The molecule has 1 nitrogen and oxygen atoms in total. The van der Waals surface area contributed by atoms with Crippen molar-refractivity contribution in [2.45, 2.75) is 62.1 Å². The van der Waals surface area contributed by atoms with E-state index in [1.54, 1.807) is 0 Å². The maximum atomic E-state index is 10.2. The van der Waals surface area contributed by atoms with Gasteiger partial charge in [-0.25, -0.2) is 0 Å². The molecule has 0 aromatic heterocycles. The Kier molecular flexibility index (Phi) is 4.69. The molecule has 0 aliphatic heterocycles. The molecule has 0 radical (unpaired) electrons. The molecule has 0 unspecified atom stereocenters. The summed E-state index contributed by atoms with van der Waals surface area (Å²) in [4.78, 5) is 0. The molecule has 1 aromatic rings. The molecule has 3 rings (SSSR count). The molecule has 2 saturated carbocycles. The van der Waals surface area contributed by atoms with Gasteiger partial charge < -0.3 is 0 Å². The zero-order valence-electron chi connectivity index (χ0n) is 12.7. The van der Waals surface area contributed by atoms with Crippen LogP contribution in [0.5, 0.6) is 0 Å². The van der Waals surface area contributed by atoms with E-state index in [1.807, 2.05) is 0 Å². The molecule has 0 atom stereocenters. The normalized spacial score (nSPS) is 20.8. The molecule has 1 aromatic carbocycles. The molecule has 21 heavy (non-hydrogen) atoms. The fraction of sp³-hybridized carbons (Fsp3) is 0.632. The second kappa shape index (κ2) is 6.53. The number of halogens is 1. The number of nitrogens with zero attached hydrogens (tertiary/aromatic N) is 1. The number of rotatable bonds is 4. The van der Waals surface area contributed by atoms with Gasteiger partial charge in [0.1, 0.15) is 0 Å². The van der Waals surface area contributed by atoms with Crippen molar-refractivity contribution in [2.24, 2.45) is 11.8 Å². The average Bonchev–Trinajstić information content (AvgIpc) is 3.23. The molecule has 0 amide bonds. The van der Waals surface area contributed by atoms with E-state index in [2.05, 4.69) is 46.3 Å². The highest BCUT2D eigenvalue weighted by atomic mass is 79.9.